The highest BCUT2D eigenvalue weighted by molar-refractivity contribution is 6.31. The van der Waals surface area contributed by atoms with Crippen LogP contribution in [0.1, 0.15) is 12.0 Å². The van der Waals surface area contributed by atoms with E-state index in [4.69, 9.17) is 27.9 Å². The lowest BCUT2D eigenvalue weighted by atomic mass is 10.1. The van der Waals surface area contributed by atoms with Crippen molar-refractivity contribution < 1.29 is 19.1 Å². The van der Waals surface area contributed by atoms with Gasteiger partial charge in [0.15, 0.2) is 6.61 Å². The van der Waals surface area contributed by atoms with Gasteiger partial charge in [0.1, 0.15) is 0 Å². The zero-order valence-electron chi connectivity index (χ0n) is 15.1. The van der Waals surface area contributed by atoms with E-state index in [1.807, 2.05) is 13.0 Å². The number of carbonyl (C=O) groups excluding carboxylic acids is 3. The summed E-state index contributed by atoms with van der Waals surface area (Å²) in [5, 5.41) is 3.70. The molecule has 1 aliphatic heterocycles. The van der Waals surface area contributed by atoms with Crippen molar-refractivity contribution in [2.45, 2.75) is 13.3 Å². The van der Waals surface area contributed by atoms with Crippen molar-refractivity contribution in [1.82, 2.24) is 0 Å². The van der Waals surface area contributed by atoms with Crippen LogP contribution in [0.25, 0.3) is 0 Å². The molecule has 1 heterocycles. The molecule has 1 atom stereocenters. The fraction of sp³-hybridized carbons (Fsp3) is 0.250. The second-order valence-electron chi connectivity index (χ2n) is 6.50. The SMILES string of the molecule is Cc1ccc(N2C[C@@H](C(=O)OCC(=O)Nc3ccc(Cl)cc3)CC2=O)cc1Cl. The summed E-state index contributed by atoms with van der Waals surface area (Å²) in [6, 6.07) is 11.9. The van der Waals surface area contributed by atoms with E-state index < -0.39 is 24.4 Å². The van der Waals surface area contributed by atoms with Crippen molar-refractivity contribution in [3.8, 4) is 0 Å². The third-order valence-corrected chi connectivity index (χ3v) is 5.06. The number of hydrogen-bond acceptors (Lipinski definition) is 4. The van der Waals surface area contributed by atoms with E-state index in [2.05, 4.69) is 5.32 Å². The molecule has 0 spiro atoms. The van der Waals surface area contributed by atoms with Crippen molar-refractivity contribution in [3.63, 3.8) is 0 Å². The van der Waals surface area contributed by atoms with Gasteiger partial charge < -0.3 is 15.0 Å². The number of anilines is 2. The largest absolute Gasteiger partial charge is 0.455 e. The molecular weight excluding hydrogens is 403 g/mol. The Morgan fingerprint density at radius 1 is 1.18 bits per heavy atom. The monoisotopic (exact) mass is 420 g/mol. The fourth-order valence-corrected chi connectivity index (χ4v) is 3.15. The quantitative estimate of drug-likeness (QED) is 0.745. The topological polar surface area (TPSA) is 75.7 Å². The Hall–Kier alpha value is -2.57. The third-order valence-electron chi connectivity index (χ3n) is 4.40. The molecule has 0 unspecified atom stereocenters. The van der Waals surface area contributed by atoms with Crippen LogP contribution in [-0.2, 0) is 19.1 Å². The van der Waals surface area contributed by atoms with Gasteiger partial charge in [0.2, 0.25) is 5.91 Å². The van der Waals surface area contributed by atoms with Crippen LogP contribution in [0.15, 0.2) is 42.5 Å². The number of ether oxygens (including phenoxy) is 1. The van der Waals surface area contributed by atoms with Gasteiger partial charge in [-0.2, -0.15) is 0 Å². The Kier molecular flexibility index (Phi) is 6.21. The molecular formula is C20H18Cl2N2O4. The molecule has 1 saturated heterocycles. The molecule has 1 aliphatic rings. The molecule has 1 fully saturated rings. The molecule has 2 aromatic carbocycles. The van der Waals surface area contributed by atoms with Crippen LogP contribution in [0, 0.1) is 12.8 Å². The number of esters is 1. The molecule has 28 heavy (non-hydrogen) atoms. The molecule has 0 aliphatic carbocycles. The highest BCUT2D eigenvalue weighted by Crippen LogP contribution is 2.29. The lowest BCUT2D eigenvalue weighted by Gasteiger charge is -2.17. The Bertz CT molecular complexity index is 915. The molecule has 146 valence electrons. The summed E-state index contributed by atoms with van der Waals surface area (Å²) in [7, 11) is 0. The predicted molar refractivity (Wildman–Crippen MR) is 108 cm³/mol. The van der Waals surface area contributed by atoms with Gasteiger partial charge in [0.05, 0.1) is 5.92 Å². The fourth-order valence-electron chi connectivity index (χ4n) is 2.85. The van der Waals surface area contributed by atoms with Crippen molar-refractivity contribution in [1.29, 1.82) is 0 Å². The summed E-state index contributed by atoms with van der Waals surface area (Å²) in [6.07, 6.45) is 0.0309. The maximum Gasteiger partial charge on any atom is 0.311 e. The standard InChI is InChI=1S/C20H18Cl2N2O4/c1-12-2-7-16(9-17(12)22)24-10-13(8-19(24)26)20(27)28-11-18(25)23-15-5-3-14(21)4-6-15/h2-7,9,13H,8,10-11H2,1H3,(H,23,25)/t13-/m0/s1. The number of hydrogen-bond donors (Lipinski definition) is 1. The van der Waals surface area contributed by atoms with E-state index in [9.17, 15) is 14.4 Å². The number of benzene rings is 2. The van der Waals surface area contributed by atoms with E-state index in [0.717, 1.165) is 5.56 Å². The lowest BCUT2D eigenvalue weighted by molar-refractivity contribution is -0.151. The third kappa shape index (κ3) is 4.82. The first-order chi connectivity index (χ1) is 13.3. The minimum Gasteiger partial charge on any atom is -0.455 e. The molecule has 0 bridgehead atoms. The number of amides is 2. The summed E-state index contributed by atoms with van der Waals surface area (Å²) in [6.45, 7) is 1.63. The van der Waals surface area contributed by atoms with E-state index in [0.29, 0.717) is 21.4 Å². The van der Waals surface area contributed by atoms with Crippen molar-refractivity contribution >= 4 is 52.4 Å². The molecule has 0 aromatic heterocycles. The van der Waals surface area contributed by atoms with Crippen molar-refractivity contribution in [3.05, 3.63) is 58.1 Å². The number of nitrogens with one attached hydrogen (secondary N) is 1. The number of halogens is 2. The zero-order valence-corrected chi connectivity index (χ0v) is 16.6. The van der Waals surface area contributed by atoms with Crippen LogP contribution in [0.3, 0.4) is 0 Å². The van der Waals surface area contributed by atoms with Crippen LogP contribution in [0.5, 0.6) is 0 Å². The van der Waals surface area contributed by atoms with Crippen LogP contribution in [0.4, 0.5) is 11.4 Å². The highest BCUT2D eigenvalue weighted by atomic mass is 35.5. The molecule has 3 rings (SSSR count). The Morgan fingerprint density at radius 3 is 2.57 bits per heavy atom. The summed E-state index contributed by atoms with van der Waals surface area (Å²) in [5.41, 5.74) is 2.08. The lowest BCUT2D eigenvalue weighted by Crippen LogP contribution is -2.28. The smallest absolute Gasteiger partial charge is 0.311 e. The van der Waals surface area contributed by atoms with E-state index in [1.165, 1.54) is 4.90 Å². The van der Waals surface area contributed by atoms with Crippen LogP contribution in [0.2, 0.25) is 10.0 Å². The molecule has 0 radical (unpaired) electrons. The van der Waals surface area contributed by atoms with Gasteiger partial charge in [-0.25, -0.2) is 0 Å². The van der Waals surface area contributed by atoms with Gasteiger partial charge >= 0.3 is 5.97 Å². The molecule has 2 amide bonds. The second-order valence-corrected chi connectivity index (χ2v) is 7.35. The summed E-state index contributed by atoms with van der Waals surface area (Å²) in [5.74, 6) is -1.87. The van der Waals surface area contributed by atoms with Gasteiger partial charge in [-0.1, -0.05) is 29.3 Å². The summed E-state index contributed by atoms with van der Waals surface area (Å²) < 4.78 is 5.08. The van der Waals surface area contributed by atoms with Crippen molar-refractivity contribution in [2.24, 2.45) is 5.92 Å². The maximum absolute atomic E-state index is 12.3. The van der Waals surface area contributed by atoms with E-state index >= 15 is 0 Å². The number of nitrogens with zero attached hydrogens (tertiary/aromatic N) is 1. The van der Waals surface area contributed by atoms with Gasteiger partial charge in [0.25, 0.3) is 5.91 Å². The normalized spacial score (nSPS) is 16.2. The summed E-state index contributed by atoms with van der Waals surface area (Å²) in [4.78, 5) is 38.0. The number of aryl methyl sites for hydroxylation is 1. The molecule has 1 N–H and O–H groups in total. The minimum atomic E-state index is -0.629. The van der Waals surface area contributed by atoms with Crippen LogP contribution >= 0.6 is 23.2 Å². The first-order valence-electron chi connectivity index (χ1n) is 8.62. The zero-order chi connectivity index (χ0) is 20.3. The van der Waals surface area contributed by atoms with Crippen LogP contribution in [-0.4, -0.2) is 30.9 Å². The Labute approximate surface area is 172 Å². The molecule has 6 nitrogen and oxygen atoms in total. The van der Waals surface area contributed by atoms with Gasteiger partial charge in [-0.05, 0) is 48.9 Å². The van der Waals surface area contributed by atoms with E-state index in [-0.39, 0.29) is 18.9 Å². The molecule has 8 heteroatoms. The maximum atomic E-state index is 12.3. The minimum absolute atomic E-state index is 0.0309. The Balaban J connectivity index is 1.53. The van der Waals surface area contributed by atoms with Gasteiger partial charge in [-0.15, -0.1) is 0 Å². The average Bonchev–Trinajstić information content (AvgIpc) is 3.06. The van der Waals surface area contributed by atoms with Crippen molar-refractivity contribution in [2.75, 3.05) is 23.4 Å². The average molecular weight is 421 g/mol. The van der Waals surface area contributed by atoms with Gasteiger partial charge in [-0.3, -0.25) is 14.4 Å². The first-order valence-corrected chi connectivity index (χ1v) is 9.37. The van der Waals surface area contributed by atoms with Crippen LogP contribution < -0.4 is 10.2 Å². The summed E-state index contributed by atoms with van der Waals surface area (Å²) >= 11 is 11.9. The van der Waals surface area contributed by atoms with E-state index in [1.54, 1.807) is 36.4 Å². The Morgan fingerprint density at radius 2 is 1.89 bits per heavy atom. The molecule has 0 saturated carbocycles. The predicted octanol–water partition coefficient (Wildman–Crippen LogP) is 3.84. The second kappa shape index (κ2) is 8.63. The first kappa shape index (κ1) is 20.2. The highest BCUT2D eigenvalue weighted by Gasteiger charge is 2.36. The number of rotatable bonds is 5. The molecule has 2 aromatic rings. The van der Waals surface area contributed by atoms with Gasteiger partial charge in [0, 0.05) is 34.4 Å². The number of carbonyl (C=O) groups is 3.